The number of hydrazone groups is 1. The van der Waals surface area contributed by atoms with Crippen molar-refractivity contribution in [1.82, 2.24) is 10.4 Å². The molecule has 0 atom stereocenters. The first-order chi connectivity index (χ1) is 14.2. The molecule has 0 fully saturated rings. The third kappa shape index (κ3) is 6.20. The topological polar surface area (TPSA) is 84.8 Å². The lowest BCUT2D eigenvalue weighted by atomic mass is 10.3. The summed E-state index contributed by atoms with van der Waals surface area (Å²) in [6, 6.07) is 16.8. The Labute approximate surface area is 177 Å². The molecule has 0 saturated carbocycles. The van der Waals surface area contributed by atoms with Gasteiger partial charge in [0.15, 0.2) is 28.4 Å². The van der Waals surface area contributed by atoms with Crippen molar-refractivity contribution in [2.75, 3.05) is 18.5 Å². The minimum atomic E-state index is -0.407. The summed E-state index contributed by atoms with van der Waals surface area (Å²) < 4.78 is 10.9. The Hall–Kier alpha value is -3.10. The van der Waals surface area contributed by atoms with Gasteiger partial charge >= 0.3 is 0 Å². The normalized spacial score (nSPS) is 10.7. The lowest BCUT2D eigenvalue weighted by Gasteiger charge is -2.10. The molecule has 0 aliphatic carbocycles. The Kier molecular flexibility index (Phi) is 7.43. The van der Waals surface area contributed by atoms with Gasteiger partial charge in [-0.3, -0.25) is 4.79 Å². The predicted molar refractivity (Wildman–Crippen MR) is 116 cm³/mol. The fourth-order valence-corrected chi connectivity index (χ4v) is 3.32. The van der Waals surface area contributed by atoms with Crippen molar-refractivity contribution in [2.24, 2.45) is 5.10 Å². The number of hydrogen-bond acceptors (Lipinski definition) is 7. The molecular weight excluding hydrogens is 412 g/mol. The Morgan fingerprint density at radius 2 is 1.83 bits per heavy atom. The molecule has 29 heavy (non-hydrogen) atoms. The monoisotopic (exact) mass is 430 g/mol. The summed E-state index contributed by atoms with van der Waals surface area (Å²) in [5.74, 6) is 0.674. The zero-order valence-corrected chi connectivity index (χ0v) is 17.2. The number of rotatable bonds is 9. The maximum atomic E-state index is 12.0. The number of para-hydroxylation sites is 3. The predicted octanol–water partition coefficient (Wildman–Crippen LogP) is 4.47. The summed E-state index contributed by atoms with van der Waals surface area (Å²) in [6.07, 6.45) is 1.45. The number of benzene rings is 2. The molecule has 1 aromatic heterocycles. The van der Waals surface area contributed by atoms with E-state index in [1.165, 1.54) is 17.6 Å². The van der Waals surface area contributed by atoms with Crippen LogP contribution in [-0.2, 0) is 4.79 Å². The van der Waals surface area contributed by atoms with Gasteiger partial charge < -0.3 is 14.8 Å². The Morgan fingerprint density at radius 1 is 1.14 bits per heavy atom. The van der Waals surface area contributed by atoms with Crippen LogP contribution >= 0.6 is 22.9 Å². The van der Waals surface area contributed by atoms with Gasteiger partial charge in [-0.05, 0) is 31.2 Å². The van der Waals surface area contributed by atoms with Crippen molar-refractivity contribution in [3.8, 4) is 11.5 Å². The number of carbonyl (C=O) groups is 1. The van der Waals surface area contributed by atoms with E-state index in [1.54, 1.807) is 18.2 Å². The summed E-state index contributed by atoms with van der Waals surface area (Å²) in [5, 5.41) is 8.01. The van der Waals surface area contributed by atoms with Gasteiger partial charge in [0.2, 0.25) is 0 Å². The number of thiazole rings is 1. The van der Waals surface area contributed by atoms with Crippen LogP contribution < -0.4 is 20.2 Å². The zero-order valence-electron chi connectivity index (χ0n) is 15.6. The number of nitrogens with one attached hydrogen (secondary N) is 2. The van der Waals surface area contributed by atoms with Gasteiger partial charge in [0.1, 0.15) is 0 Å². The SMILES string of the molecule is CCOc1ccccc1OCC(=O)N/N=C/c1sc(Nc2ccccc2)nc1Cl. The van der Waals surface area contributed by atoms with Crippen molar-refractivity contribution in [3.63, 3.8) is 0 Å². The van der Waals surface area contributed by atoms with Crippen molar-refractivity contribution >= 4 is 45.9 Å². The molecule has 0 unspecified atom stereocenters. The Bertz CT molecular complexity index is 979. The lowest BCUT2D eigenvalue weighted by molar-refractivity contribution is -0.123. The number of carbonyl (C=O) groups excluding carboxylic acids is 1. The molecule has 7 nitrogen and oxygen atoms in total. The molecule has 1 heterocycles. The van der Waals surface area contributed by atoms with E-state index >= 15 is 0 Å². The highest BCUT2D eigenvalue weighted by molar-refractivity contribution is 7.17. The van der Waals surface area contributed by atoms with Crippen LogP contribution in [0.25, 0.3) is 0 Å². The third-order valence-electron chi connectivity index (χ3n) is 3.51. The molecule has 0 bridgehead atoms. The van der Waals surface area contributed by atoms with Gasteiger partial charge in [0, 0.05) is 5.69 Å². The Balaban J connectivity index is 1.51. The van der Waals surface area contributed by atoms with E-state index in [-0.39, 0.29) is 6.61 Å². The number of hydrogen-bond donors (Lipinski definition) is 2. The zero-order chi connectivity index (χ0) is 20.5. The summed E-state index contributed by atoms with van der Waals surface area (Å²) in [4.78, 5) is 16.8. The lowest BCUT2D eigenvalue weighted by Crippen LogP contribution is -2.24. The van der Waals surface area contributed by atoms with Crippen molar-refractivity contribution < 1.29 is 14.3 Å². The first-order valence-electron chi connectivity index (χ1n) is 8.80. The second kappa shape index (κ2) is 10.4. The van der Waals surface area contributed by atoms with Gasteiger partial charge in [-0.15, -0.1) is 0 Å². The maximum absolute atomic E-state index is 12.0. The van der Waals surface area contributed by atoms with Crippen LogP contribution in [0.3, 0.4) is 0 Å². The summed E-state index contributed by atoms with van der Waals surface area (Å²) in [5.41, 5.74) is 3.31. The van der Waals surface area contributed by atoms with E-state index in [9.17, 15) is 4.79 Å². The molecule has 1 amide bonds. The van der Waals surface area contributed by atoms with E-state index in [1.807, 2.05) is 43.3 Å². The summed E-state index contributed by atoms with van der Waals surface area (Å²) in [7, 11) is 0. The van der Waals surface area contributed by atoms with E-state index in [2.05, 4.69) is 20.8 Å². The third-order valence-corrected chi connectivity index (χ3v) is 4.82. The molecule has 0 aliphatic rings. The van der Waals surface area contributed by atoms with Crippen LogP contribution in [-0.4, -0.2) is 30.3 Å². The molecule has 3 rings (SSSR count). The standard InChI is InChI=1S/C20H19ClN4O3S/c1-2-27-15-10-6-7-11-16(15)28-13-18(26)25-22-12-17-19(21)24-20(29-17)23-14-8-4-3-5-9-14/h3-12H,2,13H2,1H3,(H,23,24)(H,25,26)/b22-12+. The van der Waals surface area contributed by atoms with Gasteiger partial charge in [0.05, 0.1) is 17.7 Å². The van der Waals surface area contributed by atoms with Crippen LogP contribution in [0.5, 0.6) is 11.5 Å². The fourth-order valence-electron chi connectivity index (χ4n) is 2.27. The molecular formula is C20H19ClN4O3S. The number of halogens is 1. The van der Waals surface area contributed by atoms with E-state index in [0.29, 0.717) is 33.3 Å². The summed E-state index contributed by atoms with van der Waals surface area (Å²) in [6.45, 7) is 2.19. The molecule has 9 heteroatoms. The van der Waals surface area contributed by atoms with E-state index in [4.69, 9.17) is 21.1 Å². The van der Waals surface area contributed by atoms with Gasteiger partial charge in [-0.25, -0.2) is 10.4 Å². The highest BCUT2D eigenvalue weighted by Crippen LogP contribution is 2.28. The molecule has 0 radical (unpaired) electrons. The first-order valence-corrected chi connectivity index (χ1v) is 10.00. The van der Waals surface area contributed by atoms with Crippen molar-refractivity contribution in [1.29, 1.82) is 0 Å². The molecule has 2 N–H and O–H groups in total. The smallest absolute Gasteiger partial charge is 0.277 e. The molecule has 0 saturated heterocycles. The highest BCUT2D eigenvalue weighted by atomic mass is 35.5. The molecule has 150 valence electrons. The number of nitrogens with zero attached hydrogens (tertiary/aromatic N) is 2. The quantitative estimate of drug-likeness (QED) is 0.386. The Morgan fingerprint density at radius 3 is 2.55 bits per heavy atom. The molecule has 0 aliphatic heterocycles. The highest BCUT2D eigenvalue weighted by Gasteiger charge is 2.09. The van der Waals surface area contributed by atoms with Crippen LogP contribution in [0, 0.1) is 0 Å². The number of aromatic nitrogens is 1. The maximum Gasteiger partial charge on any atom is 0.277 e. The van der Waals surface area contributed by atoms with E-state index < -0.39 is 5.91 Å². The van der Waals surface area contributed by atoms with Gasteiger partial charge in [0.25, 0.3) is 5.91 Å². The average Bonchev–Trinajstić information content (AvgIpc) is 3.07. The van der Waals surface area contributed by atoms with Gasteiger partial charge in [-0.2, -0.15) is 5.10 Å². The fraction of sp³-hybridized carbons (Fsp3) is 0.150. The van der Waals surface area contributed by atoms with Crippen molar-refractivity contribution in [3.05, 3.63) is 64.6 Å². The molecule has 3 aromatic rings. The molecule has 2 aromatic carbocycles. The number of amides is 1. The second-order valence-electron chi connectivity index (χ2n) is 5.63. The molecule has 0 spiro atoms. The minimum absolute atomic E-state index is 0.196. The average molecular weight is 431 g/mol. The van der Waals surface area contributed by atoms with Gasteiger partial charge in [-0.1, -0.05) is 53.3 Å². The van der Waals surface area contributed by atoms with Crippen LogP contribution in [0.2, 0.25) is 5.15 Å². The second-order valence-corrected chi connectivity index (χ2v) is 7.02. The van der Waals surface area contributed by atoms with Crippen LogP contribution in [0.1, 0.15) is 11.8 Å². The number of ether oxygens (including phenoxy) is 2. The van der Waals surface area contributed by atoms with E-state index in [0.717, 1.165) is 5.69 Å². The minimum Gasteiger partial charge on any atom is -0.490 e. The van der Waals surface area contributed by atoms with Crippen molar-refractivity contribution in [2.45, 2.75) is 6.92 Å². The van der Waals surface area contributed by atoms with Crippen LogP contribution in [0.15, 0.2) is 59.7 Å². The largest absolute Gasteiger partial charge is 0.490 e. The number of anilines is 2. The van der Waals surface area contributed by atoms with Crippen LogP contribution in [0.4, 0.5) is 10.8 Å². The summed E-state index contributed by atoms with van der Waals surface area (Å²) >= 11 is 7.45. The first kappa shape index (κ1) is 20.6.